The van der Waals surface area contributed by atoms with Crippen LogP contribution < -0.4 is 15.4 Å². The van der Waals surface area contributed by atoms with Crippen molar-refractivity contribution in [3.63, 3.8) is 0 Å². The number of anilines is 1. The van der Waals surface area contributed by atoms with E-state index in [1.807, 2.05) is 24.3 Å². The van der Waals surface area contributed by atoms with E-state index in [1.165, 1.54) is 55.1 Å². The summed E-state index contributed by atoms with van der Waals surface area (Å²) >= 11 is 0. The van der Waals surface area contributed by atoms with Gasteiger partial charge in [-0.05, 0) is 80.5 Å². The van der Waals surface area contributed by atoms with Gasteiger partial charge in [0.15, 0.2) is 0 Å². The summed E-state index contributed by atoms with van der Waals surface area (Å²) in [5.41, 5.74) is 0.884. The molecule has 1 aromatic rings. The van der Waals surface area contributed by atoms with E-state index in [4.69, 9.17) is 4.74 Å². The number of hydrogen-bond acceptors (Lipinski definition) is 2. The first kappa shape index (κ1) is 17.6. The highest BCUT2D eigenvalue weighted by Gasteiger charge is 2.51. The average molecular weight is 387 g/mol. The number of nitrogens with one attached hydrogen (secondary N) is 2. The van der Waals surface area contributed by atoms with E-state index in [1.54, 1.807) is 0 Å². The Morgan fingerprint density at radius 3 is 2.19 bits per heavy atom. The molecule has 5 aliphatic rings. The molecule has 4 bridgehead atoms. The molecule has 4 saturated carbocycles. The number of amides is 2. The van der Waals surface area contributed by atoms with E-state index in [-0.39, 0.29) is 11.6 Å². The quantitative estimate of drug-likeness (QED) is 0.566. The molecule has 1 aromatic carbocycles. The average Bonchev–Trinajstić information content (AvgIpc) is 3.44. The minimum atomic E-state index is -0.0501. The lowest BCUT2D eigenvalue weighted by Crippen LogP contribution is -2.60. The van der Waals surface area contributed by atoms with Crippen molar-refractivity contribution >= 4 is 27.3 Å². The van der Waals surface area contributed by atoms with Crippen LogP contribution in [0.4, 0.5) is 10.5 Å². The molecular formula is C22H30N2O2S. The van der Waals surface area contributed by atoms with Crippen molar-refractivity contribution in [2.24, 2.45) is 17.8 Å². The highest BCUT2D eigenvalue weighted by Crippen LogP contribution is 2.55. The normalized spacial score (nSPS) is 33.6. The Kier molecular flexibility index (Phi) is 4.46. The first-order valence-corrected chi connectivity index (χ1v) is 12.1. The summed E-state index contributed by atoms with van der Waals surface area (Å²) in [6, 6.07) is 7.76. The molecule has 0 atom stereocenters. The largest absolute Gasteiger partial charge is 0.456 e. The number of carbonyl (C=O) groups excluding carboxylic acids is 1. The van der Waals surface area contributed by atoms with E-state index >= 15 is 0 Å². The minimum absolute atomic E-state index is 0.0501. The van der Waals surface area contributed by atoms with Crippen molar-refractivity contribution in [3.8, 4) is 5.75 Å². The van der Waals surface area contributed by atoms with E-state index in [2.05, 4.69) is 17.6 Å². The van der Waals surface area contributed by atoms with Gasteiger partial charge in [-0.2, -0.15) is 0 Å². The van der Waals surface area contributed by atoms with Crippen LogP contribution >= 0.6 is 10.5 Å². The van der Waals surface area contributed by atoms with Crippen LogP contribution in [-0.2, 0) is 0 Å². The fourth-order valence-corrected chi connectivity index (χ4v) is 7.42. The summed E-state index contributed by atoms with van der Waals surface area (Å²) in [4.78, 5) is 12.6. The maximum absolute atomic E-state index is 12.6. The summed E-state index contributed by atoms with van der Waals surface area (Å²) in [5.74, 6) is 5.96. The minimum Gasteiger partial charge on any atom is -0.456 e. The number of rotatable bonds is 4. The Hall–Kier alpha value is -1.49. The second-order valence-electron chi connectivity index (χ2n) is 9.03. The Labute approximate surface area is 164 Å². The van der Waals surface area contributed by atoms with Crippen LogP contribution in [0.25, 0.3) is 0 Å². The fourth-order valence-electron chi connectivity index (χ4n) is 6.01. The van der Waals surface area contributed by atoms with E-state index in [9.17, 15) is 4.79 Å². The van der Waals surface area contributed by atoms with Crippen LogP contribution in [0.5, 0.6) is 5.75 Å². The molecule has 2 N–H and O–H groups in total. The zero-order valence-electron chi connectivity index (χ0n) is 16.1. The molecule has 5 heteroatoms. The first-order chi connectivity index (χ1) is 13.1. The van der Waals surface area contributed by atoms with Crippen molar-refractivity contribution in [1.82, 2.24) is 5.32 Å². The maximum atomic E-state index is 12.6. The van der Waals surface area contributed by atoms with Gasteiger partial charge < -0.3 is 15.4 Å². The maximum Gasteiger partial charge on any atom is 0.319 e. The highest BCUT2D eigenvalue weighted by atomic mass is 32.2. The number of carbonyl (C=O) groups is 1. The van der Waals surface area contributed by atoms with Gasteiger partial charge in [0, 0.05) is 29.2 Å². The van der Waals surface area contributed by atoms with Crippen LogP contribution in [0.15, 0.2) is 24.3 Å². The predicted octanol–water partition coefficient (Wildman–Crippen LogP) is 4.98. The number of urea groups is 1. The van der Waals surface area contributed by atoms with Crippen LogP contribution in [0.1, 0.15) is 51.9 Å². The Balaban J connectivity index is 1.19. The third-order valence-corrected chi connectivity index (χ3v) is 8.61. The molecule has 4 nitrogen and oxygen atoms in total. The van der Waals surface area contributed by atoms with Gasteiger partial charge in [-0.3, -0.25) is 0 Å². The summed E-state index contributed by atoms with van der Waals surface area (Å²) in [7, 11) is 0.389. The summed E-state index contributed by atoms with van der Waals surface area (Å²) in [6.45, 7) is 2.16. The molecule has 27 heavy (non-hydrogen) atoms. The van der Waals surface area contributed by atoms with Gasteiger partial charge in [0.25, 0.3) is 0 Å². The van der Waals surface area contributed by atoms with E-state index in [0.29, 0.717) is 10.5 Å². The molecule has 4 aliphatic carbocycles. The second-order valence-corrected chi connectivity index (χ2v) is 11.3. The monoisotopic (exact) mass is 386 g/mol. The van der Waals surface area contributed by atoms with Gasteiger partial charge in [0.2, 0.25) is 0 Å². The molecule has 1 saturated heterocycles. The molecule has 1 aliphatic heterocycles. The SMILES string of the molecule is CCC(Oc1ccc(NC(=O)NC23CC4CC(CC(C4)C2)C3)cc1)=S1CC1. The van der Waals surface area contributed by atoms with Gasteiger partial charge in [0.1, 0.15) is 10.8 Å². The van der Waals surface area contributed by atoms with Crippen LogP contribution in [0, 0.1) is 17.8 Å². The molecule has 0 aromatic heterocycles. The standard InChI is InChI=1S/C22H30N2O2S/c1-2-20(27-7-8-27)26-19-5-3-18(4-6-19)23-21(25)24-22-12-15-9-16(13-22)11-17(10-15)14-22/h3-6,15-17H,2,7-14H2,1H3,(H2,23,24,25). The molecule has 0 radical (unpaired) electrons. The van der Waals surface area contributed by atoms with Crippen LogP contribution in [0.3, 0.4) is 0 Å². The predicted molar refractivity (Wildman–Crippen MR) is 113 cm³/mol. The number of benzene rings is 1. The molecule has 0 spiro atoms. The summed E-state index contributed by atoms with van der Waals surface area (Å²) in [6.07, 6.45) is 8.69. The molecule has 6 rings (SSSR count). The number of hydrogen-bond donors (Lipinski definition) is 2. The molecule has 146 valence electrons. The third kappa shape index (κ3) is 3.75. The lowest BCUT2D eigenvalue weighted by molar-refractivity contribution is -0.0127. The van der Waals surface area contributed by atoms with Crippen molar-refractivity contribution in [2.75, 3.05) is 16.8 Å². The van der Waals surface area contributed by atoms with Crippen molar-refractivity contribution < 1.29 is 9.53 Å². The summed E-state index contributed by atoms with van der Waals surface area (Å²) < 4.78 is 6.04. The highest BCUT2D eigenvalue weighted by molar-refractivity contribution is 8.21. The van der Waals surface area contributed by atoms with E-state index in [0.717, 1.165) is 35.6 Å². The van der Waals surface area contributed by atoms with Crippen LogP contribution in [-0.4, -0.2) is 28.1 Å². The van der Waals surface area contributed by atoms with Crippen molar-refractivity contribution in [3.05, 3.63) is 24.3 Å². The lowest BCUT2D eigenvalue weighted by atomic mass is 9.53. The topological polar surface area (TPSA) is 50.4 Å². The Morgan fingerprint density at radius 1 is 1.07 bits per heavy atom. The summed E-state index contributed by atoms with van der Waals surface area (Å²) in [5, 5.41) is 7.62. The molecule has 1 heterocycles. The lowest BCUT2D eigenvalue weighted by Gasteiger charge is -2.56. The molecule has 2 amide bonds. The van der Waals surface area contributed by atoms with Gasteiger partial charge >= 0.3 is 6.03 Å². The Bertz CT molecular complexity index is 730. The molecule has 0 unspecified atom stereocenters. The first-order valence-electron chi connectivity index (χ1n) is 10.5. The molecule has 5 fully saturated rings. The van der Waals surface area contributed by atoms with Gasteiger partial charge in [-0.25, -0.2) is 4.79 Å². The Morgan fingerprint density at radius 2 is 1.67 bits per heavy atom. The van der Waals surface area contributed by atoms with Crippen molar-refractivity contribution in [1.29, 1.82) is 0 Å². The fraction of sp³-hybridized carbons (Fsp3) is 0.636. The van der Waals surface area contributed by atoms with Gasteiger partial charge in [0.05, 0.1) is 0 Å². The zero-order chi connectivity index (χ0) is 18.4. The van der Waals surface area contributed by atoms with Gasteiger partial charge in [-0.15, -0.1) is 10.5 Å². The smallest absolute Gasteiger partial charge is 0.319 e. The van der Waals surface area contributed by atoms with Crippen molar-refractivity contribution in [2.45, 2.75) is 57.4 Å². The van der Waals surface area contributed by atoms with Gasteiger partial charge in [-0.1, -0.05) is 6.92 Å². The number of ether oxygens (including phenoxy) is 1. The van der Waals surface area contributed by atoms with E-state index < -0.39 is 0 Å². The third-order valence-electron chi connectivity index (χ3n) is 6.78. The van der Waals surface area contributed by atoms with Crippen LogP contribution in [0.2, 0.25) is 0 Å². The zero-order valence-corrected chi connectivity index (χ0v) is 16.9. The second kappa shape index (κ2) is 6.84. The molecular weight excluding hydrogens is 356 g/mol.